The maximum atomic E-state index is 12.4. The number of imidazole rings is 1. The maximum Gasteiger partial charge on any atom is 0.270 e. The molecule has 3 aromatic carbocycles. The second-order valence-corrected chi connectivity index (χ2v) is 8.86. The van der Waals surface area contributed by atoms with Crippen molar-refractivity contribution in [1.29, 1.82) is 0 Å². The molecule has 0 radical (unpaired) electrons. The molecule has 0 spiro atoms. The van der Waals surface area contributed by atoms with Crippen molar-refractivity contribution >= 4 is 63.8 Å². The predicted octanol–water partition coefficient (Wildman–Crippen LogP) is 5.54. The van der Waals surface area contributed by atoms with Gasteiger partial charge < -0.3 is 4.57 Å². The quantitative estimate of drug-likeness (QED) is 0.144. The molecular weight excluding hydrogens is 497 g/mol. The van der Waals surface area contributed by atoms with Gasteiger partial charge in [-0.05, 0) is 29.8 Å². The first kappa shape index (κ1) is 23.7. The summed E-state index contributed by atoms with van der Waals surface area (Å²) in [5.41, 5.74) is 5.31. The highest BCUT2D eigenvalue weighted by Crippen LogP contribution is 2.27. The number of amides is 1. The largest absolute Gasteiger partial charge is 0.314 e. The van der Waals surface area contributed by atoms with Crippen molar-refractivity contribution in [2.45, 2.75) is 11.7 Å². The van der Waals surface area contributed by atoms with Crippen molar-refractivity contribution in [3.63, 3.8) is 0 Å². The van der Waals surface area contributed by atoms with Crippen LogP contribution in [0.3, 0.4) is 0 Å². The van der Waals surface area contributed by atoms with E-state index in [9.17, 15) is 14.9 Å². The number of nitrogens with zero attached hydrogens (tertiary/aromatic N) is 4. The Balaban J connectivity index is 1.46. The van der Waals surface area contributed by atoms with E-state index in [2.05, 4.69) is 15.5 Å². The number of nitrogens with one attached hydrogen (secondary N) is 1. The fourth-order valence-corrected chi connectivity index (χ4v) is 4.36. The number of thioether (sulfide) groups is 1. The lowest BCUT2D eigenvalue weighted by Crippen LogP contribution is -2.20. The van der Waals surface area contributed by atoms with Gasteiger partial charge in [0.05, 0.1) is 34.5 Å². The van der Waals surface area contributed by atoms with E-state index in [4.69, 9.17) is 23.2 Å². The summed E-state index contributed by atoms with van der Waals surface area (Å²) in [5.74, 6) is -0.301. The van der Waals surface area contributed by atoms with E-state index >= 15 is 0 Å². The number of fused-ring (bicyclic) bond motifs is 1. The maximum absolute atomic E-state index is 12.4. The smallest absolute Gasteiger partial charge is 0.270 e. The van der Waals surface area contributed by atoms with Crippen LogP contribution < -0.4 is 5.43 Å². The zero-order valence-corrected chi connectivity index (χ0v) is 19.8. The van der Waals surface area contributed by atoms with Crippen molar-refractivity contribution in [3.05, 3.63) is 98.0 Å². The molecule has 1 N–H and O–H groups in total. The van der Waals surface area contributed by atoms with Gasteiger partial charge in [-0.2, -0.15) is 5.10 Å². The molecule has 0 aliphatic heterocycles. The zero-order chi connectivity index (χ0) is 24.1. The van der Waals surface area contributed by atoms with E-state index in [1.54, 1.807) is 0 Å². The third-order valence-electron chi connectivity index (χ3n) is 4.82. The lowest BCUT2D eigenvalue weighted by atomic mass is 10.2. The van der Waals surface area contributed by atoms with Crippen LogP contribution in [0, 0.1) is 10.1 Å². The Hall–Kier alpha value is -3.40. The van der Waals surface area contributed by atoms with Crippen molar-refractivity contribution in [2.24, 2.45) is 5.10 Å². The molecule has 4 rings (SSSR count). The van der Waals surface area contributed by atoms with Gasteiger partial charge in [0.2, 0.25) is 0 Å². The van der Waals surface area contributed by atoms with E-state index in [1.165, 1.54) is 36.2 Å². The summed E-state index contributed by atoms with van der Waals surface area (Å²) in [6, 6.07) is 19.3. The van der Waals surface area contributed by atoms with Gasteiger partial charge in [0.1, 0.15) is 0 Å². The molecule has 34 heavy (non-hydrogen) atoms. The minimum atomic E-state index is -0.530. The molecule has 1 amide bonds. The van der Waals surface area contributed by atoms with E-state index in [0.717, 1.165) is 16.6 Å². The van der Waals surface area contributed by atoms with E-state index in [-0.39, 0.29) is 22.4 Å². The lowest BCUT2D eigenvalue weighted by molar-refractivity contribution is -0.384. The molecule has 11 heteroatoms. The summed E-state index contributed by atoms with van der Waals surface area (Å²) in [5, 5.41) is 16.4. The number of nitro benzene ring substituents is 1. The predicted molar refractivity (Wildman–Crippen MR) is 135 cm³/mol. The molecule has 0 bridgehead atoms. The van der Waals surface area contributed by atoms with Gasteiger partial charge in [0.15, 0.2) is 5.16 Å². The van der Waals surface area contributed by atoms with Crippen molar-refractivity contribution in [3.8, 4) is 0 Å². The van der Waals surface area contributed by atoms with Crippen molar-refractivity contribution in [1.82, 2.24) is 15.0 Å². The van der Waals surface area contributed by atoms with E-state index < -0.39 is 4.92 Å². The van der Waals surface area contributed by atoms with E-state index in [1.807, 2.05) is 53.1 Å². The minimum Gasteiger partial charge on any atom is -0.314 e. The van der Waals surface area contributed by atoms with Crippen LogP contribution in [0.4, 0.5) is 5.69 Å². The van der Waals surface area contributed by atoms with Crippen LogP contribution in [0.5, 0.6) is 0 Å². The van der Waals surface area contributed by atoms with Gasteiger partial charge >= 0.3 is 0 Å². The third-order valence-corrected chi connectivity index (χ3v) is 6.51. The van der Waals surface area contributed by atoms with Gasteiger partial charge in [-0.3, -0.25) is 14.9 Å². The van der Waals surface area contributed by atoms with Gasteiger partial charge in [0.25, 0.3) is 11.6 Å². The summed E-state index contributed by atoms with van der Waals surface area (Å²) in [7, 11) is 0. The fraction of sp³-hybridized carbons (Fsp3) is 0.0870. The van der Waals surface area contributed by atoms with Crippen molar-refractivity contribution < 1.29 is 9.72 Å². The standard InChI is InChI=1S/C23H17Cl2N5O3S/c24-18-6-2-1-5-15(18)13-29-21-8-4-3-7-20(21)27-23(29)34-14-22(31)28-26-12-16-11-17(30(32)33)9-10-19(16)25/h1-12H,13-14H2,(H,28,31)/b26-12-. The summed E-state index contributed by atoms with van der Waals surface area (Å²) >= 11 is 13.7. The molecule has 8 nitrogen and oxygen atoms in total. The number of carbonyl (C=O) groups is 1. The monoisotopic (exact) mass is 513 g/mol. The Kier molecular flexibility index (Phi) is 7.46. The summed E-state index contributed by atoms with van der Waals surface area (Å²) in [6.07, 6.45) is 1.27. The number of halogens is 2. The Bertz CT molecular complexity index is 1410. The van der Waals surface area contributed by atoms with Gasteiger partial charge in [-0.15, -0.1) is 0 Å². The third kappa shape index (κ3) is 5.56. The normalized spacial score (nSPS) is 11.2. The number of carbonyl (C=O) groups excluding carboxylic acids is 1. The molecule has 1 heterocycles. The van der Waals surface area contributed by atoms with Crippen LogP contribution in [0.2, 0.25) is 10.0 Å². The molecule has 172 valence electrons. The van der Waals surface area contributed by atoms with E-state index in [0.29, 0.717) is 22.3 Å². The number of aromatic nitrogens is 2. The van der Waals surface area contributed by atoms with Crippen LogP contribution in [0.25, 0.3) is 11.0 Å². The Morgan fingerprint density at radius 2 is 1.88 bits per heavy atom. The number of hydrogen-bond acceptors (Lipinski definition) is 6. The second kappa shape index (κ2) is 10.7. The molecule has 0 atom stereocenters. The highest BCUT2D eigenvalue weighted by Gasteiger charge is 2.14. The lowest BCUT2D eigenvalue weighted by Gasteiger charge is -2.10. The molecule has 0 saturated carbocycles. The Morgan fingerprint density at radius 1 is 1.12 bits per heavy atom. The number of rotatable bonds is 8. The molecule has 0 aliphatic rings. The number of para-hydroxylation sites is 2. The fourth-order valence-electron chi connectivity index (χ4n) is 3.19. The van der Waals surface area contributed by atoms with Gasteiger partial charge in [-0.1, -0.05) is 65.3 Å². The SMILES string of the molecule is O=C(CSc1nc2ccccc2n1Cc1ccccc1Cl)N/N=C\c1cc([N+](=O)[O-])ccc1Cl. The van der Waals surface area contributed by atoms with Crippen LogP contribution in [0.15, 0.2) is 77.0 Å². The molecule has 0 unspecified atom stereocenters. The molecule has 4 aromatic rings. The first-order valence-electron chi connectivity index (χ1n) is 9.99. The van der Waals surface area contributed by atoms with Gasteiger partial charge in [-0.25, -0.2) is 10.4 Å². The second-order valence-electron chi connectivity index (χ2n) is 7.11. The van der Waals surface area contributed by atoms with Crippen LogP contribution in [0.1, 0.15) is 11.1 Å². The highest BCUT2D eigenvalue weighted by molar-refractivity contribution is 7.99. The number of hydrogen-bond donors (Lipinski definition) is 1. The van der Waals surface area contributed by atoms with Crippen LogP contribution >= 0.6 is 35.0 Å². The minimum absolute atomic E-state index is 0.0614. The number of nitro groups is 1. The zero-order valence-electron chi connectivity index (χ0n) is 17.5. The summed E-state index contributed by atoms with van der Waals surface area (Å²) < 4.78 is 2.01. The van der Waals surface area contributed by atoms with Crippen molar-refractivity contribution in [2.75, 3.05) is 5.75 Å². The molecule has 1 aromatic heterocycles. The Labute approximate surface area is 208 Å². The first-order chi connectivity index (χ1) is 16.4. The van der Waals surface area contributed by atoms with Gasteiger partial charge in [0, 0.05) is 27.7 Å². The average molecular weight is 514 g/mol. The number of benzene rings is 3. The first-order valence-corrected chi connectivity index (χ1v) is 11.7. The average Bonchev–Trinajstić information content (AvgIpc) is 3.17. The van der Waals surface area contributed by atoms with Crippen LogP contribution in [-0.2, 0) is 11.3 Å². The topological polar surface area (TPSA) is 102 Å². The van der Waals surface area contributed by atoms with Crippen LogP contribution in [-0.4, -0.2) is 32.3 Å². The molecule has 0 saturated heterocycles. The summed E-state index contributed by atoms with van der Waals surface area (Å²) in [6.45, 7) is 0.508. The molecular formula is C23H17Cl2N5O3S. The highest BCUT2D eigenvalue weighted by atomic mass is 35.5. The molecule has 0 fully saturated rings. The Morgan fingerprint density at radius 3 is 2.68 bits per heavy atom. The number of hydrazone groups is 1. The molecule has 0 aliphatic carbocycles. The summed E-state index contributed by atoms with van der Waals surface area (Å²) in [4.78, 5) is 27.4. The number of non-ortho nitro benzene ring substituents is 1.